The van der Waals surface area contributed by atoms with Gasteiger partial charge in [0.2, 0.25) is 0 Å². The standard InChI is InChI=1S/C10H10BrNO2/c1-6-2-3-7(4-8(6)11)9-5-14-10(13)12-9/h2-4,9H,5H2,1H3,(H,12,13). The molecule has 0 radical (unpaired) electrons. The van der Waals surface area contributed by atoms with Crippen molar-refractivity contribution in [3.8, 4) is 0 Å². The fourth-order valence-electron chi connectivity index (χ4n) is 1.39. The topological polar surface area (TPSA) is 38.3 Å². The van der Waals surface area contributed by atoms with Crippen LogP contribution in [-0.2, 0) is 4.74 Å². The molecular weight excluding hydrogens is 246 g/mol. The SMILES string of the molecule is Cc1ccc(C2COC(=O)N2)cc1Br. The molecule has 1 N–H and O–H groups in total. The molecular formula is C10H10BrNO2. The van der Waals surface area contributed by atoms with Crippen LogP contribution in [0.25, 0.3) is 0 Å². The first kappa shape index (κ1) is 9.52. The molecule has 1 amide bonds. The normalized spacial score (nSPS) is 20.4. The van der Waals surface area contributed by atoms with Crippen LogP contribution < -0.4 is 5.32 Å². The highest BCUT2D eigenvalue weighted by molar-refractivity contribution is 9.10. The molecule has 1 atom stereocenters. The third-order valence-electron chi connectivity index (χ3n) is 2.27. The number of aryl methyl sites for hydroxylation is 1. The van der Waals surface area contributed by atoms with Gasteiger partial charge in [-0.1, -0.05) is 28.1 Å². The Labute approximate surface area is 90.6 Å². The summed E-state index contributed by atoms with van der Waals surface area (Å²) >= 11 is 3.45. The summed E-state index contributed by atoms with van der Waals surface area (Å²) in [4.78, 5) is 10.8. The average molecular weight is 256 g/mol. The Kier molecular flexibility index (Phi) is 2.46. The lowest BCUT2D eigenvalue weighted by Gasteiger charge is -2.08. The number of nitrogens with one attached hydrogen (secondary N) is 1. The van der Waals surface area contributed by atoms with Crippen molar-refractivity contribution in [1.29, 1.82) is 0 Å². The predicted octanol–water partition coefficient (Wildman–Crippen LogP) is 2.54. The Hall–Kier alpha value is -1.03. The van der Waals surface area contributed by atoms with E-state index < -0.39 is 0 Å². The van der Waals surface area contributed by atoms with E-state index in [1.807, 2.05) is 25.1 Å². The monoisotopic (exact) mass is 255 g/mol. The summed E-state index contributed by atoms with van der Waals surface area (Å²) in [7, 11) is 0. The summed E-state index contributed by atoms with van der Waals surface area (Å²) in [6.45, 7) is 2.44. The first-order valence-corrected chi connectivity index (χ1v) is 5.15. The second-order valence-corrected chi connectivity index (χ2v) is 4.16. The summed E-state index contributed by atoms with van der Waals surface area (Å²) in [5.41, 5.74) is 2.24. The number of hydrogen-bond donors (Lipinski definition) is 1. The number of rotatable bonds is 1. The van der Waals surface area contributed by atoms with Gasteiger partial charge < -0.3 is 10.1 Å². The molecule has 0 spiro atoms. The van der Waals surface area contributed by atoms with Crippen molar-refractivity contribution >= 4 is 22.0 Å². The lowest BCUT2D eigenvalue weighted by atomic mass is 10.1. The number of halogens is 1. The van der Waals surface area contributed by atoms with Gasteiger partial charge in [-0.25, -0.2) is 4.79 Å². The Balaban J connectivity index is 2.24. The van der Waals surface area contributed by atoms with E-state index in [-0.39, 0.29) is 12.1 Å². The van der Waals surface area contributed by atoms with Crippen LogP contribution in [-0.4, -0.2) is 12.7 Å². The fourth-order valence-corrected chi connectivity index (χ4v) is 1.79. The average Bonchev–Trinajstić information content (AvgIpc) is 2.57. The van der Waals surface area contributed by atoms with Crippen LogP contribution in [0.5, 0.6) is 0 Å². The molecule has 4 heteroatoms. The predicted molar refractivity (Wildman–Crippen MR) is 56.1 cm³/mol. The molecule has 1 fully saturated rings. The van der Waals surface area contributed by atoms with Crippen LogP contribution in [0.1, 0.15) is 17.2 Å². The van der Waals surface area contributed by atoms with E-state index in [1.54, 1.807) is 0 Å². The van der Waals surface area contributed by atoms with E-state index in [9.17, 15) is 4.79 Å². The third-order valence-corrected chi connectivity index (χ3v) is 3.13. The molecule has 1 aromatic rings. The van der Waals surface area contributed by atoms with Crippen molar-refractivity contribution in [3.05, 3.63) is 33.8 Å². The van der Waals surface area contributed by atoms with Crippen LogP contribution in [0.4, 0.5) is 4.79 Å². The summed E-state index contributed by atoms with van der Waals surface area (Å²) < 4.78 is 5.88. The zero-order valence-electron chi connectivity index (χ0n) is 7.71. The van der Waals surface area contributed by atoms with Crippen molar-refractivity contribution in [2.45, 2.75) is 13.0 Å². The molecule has 1 unspecified atom stereocenters. The maximum absolute atomic E-state index is 10.8. The summed E-state index contributed by atoms with van der Waals surface area (Å²) in [6, 6.07) is 6.01. The van der Waals surface area contributed by atoms with Gasteiger partial charge in [-0.3, -0.25) is 0 Å². The van der Waals surface area contributed by atoms with Crippen LogP contribution in [0, 0.1) is 6.92 Å². The van der Waals surface area contributed by atoms with E-state index in [4.69, 9.17) is 4.74 Å². The Morgan fingerprint density at radius 1 is 1.57 bits per heavy atom. The summed E-state index contributed by atoms with van der Waals surface area (Å²) in [6.07, 6.45) is -0.341. The van der Waals surface area contributed by atoms with E-state index in [0.717, 1.165) is 10.0 Å². The zero-order chi connectivity index (χ0) is 10.1. The lowest BCUT2D eigenvalue weighted by Crippen LogP contribution is -2.18. The number of ether oxygens (including phenoxy) is 1. The molecule has 0 aromatic heterocycles. The van der Waals surface area contributed by atoms with Gasteiger partial charge in [0.05, 0.1) is 6.04 Å². The molecule has 2 rings (SSSR count). The molecule has 1 heterocycles. The van der Waals surface area contributed by atoms with Gasteiger partial charge in [0.15, 0.2) is 0 Å². The molecule has 1 aliphatic rings. The molecule has 14 heavy (non-hydrogen) atoms. The largest absolute Gasteiger partial charge is 0.447 e. The Morgan fingerprint density at radius 2 is 2.36 bits per heavy atom. The highest BCUT2D eigenvalue weighted by atomic mass is 79.9. The van der Waals surface area contributed by atoms with Crippen molar-refractivity contribution in [3.63, 3.8) is 0 Å². The van der Waals surface area contributed by atoms with E-state index in [2.05, 4.69) is 21.2 Å². The Morgan fingerprint density at radius 3 is 2.93 bits per heavy atom. The van der Waals surface area contributed by atoms with E-state index in [0.29, 0.717) is 6.61 Å². The van der Waals surface area contributed by atoms with Crippen molar-refractivity contribution < 1.29 is 9.53 Å². The van der Waals surface area contributed by atoms with Crippen molar-refractivity contribution in [2.75, 3.05) is 6.61 Å². The van der Waals surface area contributed by atoms with Crippen molar-refractivity contribution in [1.82, 2.24) is 5.32 Å². The second-order valence-electron chi connectivity index (χ2n) is 3.30. The van der Waals surface area contributed by atoms with Crippen LogP contribution in [0.15, 0.2) is 22.7 Å². The van der Waals surface area contributed by atoms with Gasteiger partial charge in [0.25, 0.3) is 0 Å². The van der Waals surface area contributed by atoms with Crippen molar-refractivity contribution in [2.24, 2.45) is 0 Å². The number of benzene rings is 1. The number of amides is 1. The quantitative estimate of drug-likeness (QED) is 0.838. The number of alkyl carbamates (subject to hydrolysis) is 1. The lowest BCUT2D eigenvalue weighted by molar-refractivity contribution is 0.177. The number of carbonyl (C=O) groups is 1. The summed E-state index contributed by atoms with van der Waals surface area (Å²) in [5.74, 6) is 0. The smallest absolute Gasteiger partial charge is 0.407 e. The van der Waals surface area contributed by atoms with Gasteiger partial charge in [-0.15, -0.1) is 0 Å². The minimum Gasteiger partial charge on any atom is -0.447 e. The molecule has 3 nitrogen and oxygen atoms in total. The molecule has 1 aromatic carbocycles. The van der Waals surface area contributed by atoms with E-state index >= 15 is 0 Å². The van der Waals surface area contributed by atoms with Gasteiger partial charge in [0, 0.05) is 4.47 Å². The molecule has 0 aliphatic carbocycles. The fraction of sp³-hybridized carbons (Fsp3) is 0.300. The minimum absolute atomic E-state index is 0.0144. The summed E-state index contributed by atoms with van der Waals surface area (Å²) in [5, 5.41) is 2.73. The van der Waals surface area contributed by atoms with Gasteiger partial charge in [0.1, 0.15) is 6.61 Å². The molecule has 0 saturated carbocycles. The number of cyclic esters (lactones) is 1. The van der Waals surface area contributed by atoms with Gasteiger partial charge >= 0.3 is 6.09 Å². The number of carbonyl (C=O) groups excluding carboxylic acids is 1. The van der Waals surface area contributed by atoms with E-state index in [1.165, 1.54) is 5.56 Å². The zero-order valence-corrected chi connectivity index (χ0v) is 9.30. The molecule has 74 valence electrons. The van der Waals surface area contributed by atoms with Gasteiger partial charge in [-0.05, 0) is 24.1 Å². The molecule has 1 aliphatic heterocycles. The first-order valence-electron chi connectivity index (χ1n) is 4.36. The molecule has 1 saturated heterocycles. The first-order chi connectivity index (χ1) is 6.66. The van der Waals surface area contributed by atoms with Gasteiger partial charge in [-0.2, -0.15) is 0 Å². The molecule has 0 bridgehead atoms. The third kappa shape index (κ3) is 1.75. The van der Waals surface area contributed by atoms with Crippen LogP contribution in [0.3, 0.4) is 0 Å². The maximum Gasteiger partial charge on any atom is 0.407 e. The Bertz CT molecular complexity index is 378. The second kappa shape index (κ2) is 3.61. The number of hydrogen-bond acceptors (Lipinski definition) is 2. The highest BCUT2D eigenvalue weighted by Crippen LogP contribution is 2.24. The van der Waals surface area contributed by atoms with Crippen LogP contribution in [0.2, 0.25) is 0 Å². The highest BCUT2D eigenvalue weighted by Gasteiger charge is 2.23. The maximum atomic E-state index is 10.8. The van der Waals surface area contributed by atoms with Crippen LogP contribution >= 0.6 is 15.9 Å². The minimum atomic E-state index is -0.341.